The fraction of sp³-hybridized carbons (Fsp3) is 0.211. The number of rotatable bonds is 2. The number of fused-ring (bicyclic) bond motifs is 2. The van der Waals surface area contributed by atoms with E-state index in [-0.39, 0.29) is 12.5 Å². The summed E-state index contributed by atoms with van der Waals surface area (Å²) in [6, 6.07) is 15.8. The Hall–Kier alpha value is -3.33. The van der Waals surface area contributed by atoms with Crippen LogP contribution in [0.1, 0.15) is 23.1 Å². The third-order valence-corrected chi connectivity index (χ3v) is 4.65. The van der Waals surface area contributed by atoms with Crippen LogP contribution in [0.3, 0.4) is 0 Å². The fourth-order valence-electron chi connectivity index (χ4n) is 3.44. The van der Waals surface area contributed by atoms with Crippen molar-refractivity contribution >= 4 is 11.9 Å². The molecule has 1 spiro atoms. The molecular weight excluding hydrogens is 318 g/mol. The molecule has 0 saturated carbocycles. The lowest BCUT2D eigenvalue weighted by atomic mass is 9.84. The minimum absolute atomic E-state index is 0.130. The van der Waals surface area contributed by atoms with E-state index in [2.05, 4.69) is 11.4 Å². The van der Waals surface area contributed by atoms with Gasteiger partial charge in [-0.25, -0.2) is 4.79 Å². The van der Waals surface area contributed by atoms with Crippen molar-refractivity contribution in [1.29, 1.82) is 5.26 Å². The Kier molecular flexibility index (Phi) is 3.43. The first kappa shape index (κ1) is 15.2. The van der Waals surface area contributed by atoms with Gasteiger partial charge in [-0.2, -0.15) is 5.26 Å². The van der Waals surface area contributed by atoms with Crippen molar-refractivity contribution in [2.24, 2.45) is 0 Å². The van der Waals surface area contributed by atoms with Crippen LogP contribution in [0.2, 0.25) is 0 Å². The Bertz CT molecular complexity index is 918. The van der Waals surface area contributed by atoms with Crippen molar-refractivity contribution in [3.05, 3.63) is 65.2 Å². The number of carbonyl (C=O) groups is 2. The van der Waals surface area contributed by atoms with Crippen LogP contribution in [-0.2, 0) is 16.9 Å². The lowest BCUT2D eigenvalue weighted by molar-refractivity contribution is -0.133. The Balaban J connectivity index is 1.69. The largest absolute Gasteiger partial charge is 0.493 e. The van der Waals surface area contributed by atoms with Crippen molar-refractivity contribution in [2.75, 3.05) is 6.61 Å². The number of urea groups is 1. The van der Waals surface area contributed by atoms with Gasteiger partial charge >= 0.3 is 6.03 Å². The van der Waals surface area contributed by atoms with Gasteiger partial charge in [0.05, 0.1) is 24.8 Å². The average molecular weight is 333 g/mol. The first-order valence-corrected chi connectivity index (χ1v) is 7.99. The van der Waals surface area contributed by atoms with Crippen molar-refractivity contribution in [2.45, 2.75) is 18.5 Å². The van der Waals surface area contributed by atoms with E-state index in [0.717, 1.165) is 5.56 Å². The molecule has 4 rings (SSSR count). The summed E-state index contributed by atoms with van der Waals surface area (Å²) in [7, 11) is 0. The molecule has 2 aromatic carbocycles. The lowest BCUT2D eigenvalue weighted by Crippen LogP contribution is -2.47. The van der Waals surface area contributed by atoms with Crippen LogP contribution < -0.4 is 10.1 Å². The van der Waals surface area contributed by atoms with Crippen molar-refractivity contribution < 1.29 is 14.3 Å². The zero-order valence-corrected chi connectivity index (χ0v) is 13.4. The predicted molar refractivity (Wildman–Crippen MR) is 88.5 cm³/mol. The maximum Gasteiger partial charge on any atom is 0.325 e. The van der Waals surface area contributed by atoms with Gasteiger partial charge in [0.15, 0.2) is 5.54 Å². The minimum Gasteiger partial charge on any atom is -0.493 e. The molecule has 1 saturated heterocycles. The van der Waals surface area contributed by atoms with E-state index in [4.69, 9.17) is 10.00 Å². The number of benzene rings is 2. The summed E-state index contributed by atoms with van der Waals surface area (Å²) in [6.07, 6.45) is 0.392. The van der Waals surface area contributed by atoms with E-state index in [1.807, 2.05) is 18.2 Å². The number of amides is 3. The molecule has 25 heavy (non-hydrogen) atoms. The third kappa shape index (κ3) is 2.32. The smallest absolute Gasteiger partial charge is 0.325 e. The maximum atomic E-state index is 13.1. The molecule has 2 aromatic rings. The van der Waals surface area contributed by atoms with Gasteiger partial charge in [0.2, 0.25) is 0 Å². The molecule has 124 valence electrons. The number of carbonyl (C=O) groups excluding carboxylic acids is 2. The van der Waals surface area contributed by atoms with E-state index in [1.165, 1.54) is 4.90 Å². The first-order valence-electron chi connectivity index (χ1n) is 7.99. The van der Waals surface area contributed by atoms with Gasteiger partial charge in [-0.3, -0.25) is 9.69 Å². The number of nitriles is 1. The van der Waals surface area contributed by atoms with Crippen molar-refractivity contribution in [1.82, 2.24) is 10.2 Å². The SMILES string of the molecule is N#Cc1cccc(CN2C(=O)N[C@@]3(CCOc4ccccc43)C2=O)c1. The van der Waals surface area contributed by atoms with Gasteiger partial charge in [-0.15, -0.1) is 0 Å². The van der Waals surface area contributed by atoms with Crippen LogP contribution >= 0.6 is 0 Å². The van der Waals surface area contributed by atoms with Gasteiger partial charge < -0.3 is 10.1 Å². The van der Waals surface area contributed by atoms with E-state index in [1.54, 1.807) is 30.3 Å². The predicted octanol–water partition coefficient (Wildman–Crippen LogP) is 2.29. The second-order valence-electron chi connectivity index (χ2n) is 6.13. The number of hydrogen-bond donors (Lipinski definition) is 1. The second-order valence-corrected chi connectivity index (χ2v) is 6.13. The van der Waals surface area contributed by atoms with Gasteiger partial charge in [0.25, 0.3) is 5.91 Å². The standard InChI is InChI=1S/C19H15N3O3/c20-11-13-4-3-5-14(10-13)12-22-17(23)19(21-18(22)24)8-9-25-16-7-2-1-6-15(16)19/h1-7,10H,8-9,12H2,(H,21,24)/t19-/m1/s1. The van der Waals surface area contributed by atoms with Crippen LogP contribution in [0.25, 0.3) is 0 Å². The van der Waals surface area contributed by atoms with Gasteiger partial charge in [-0.1, -0.05) is 30.3 Å². The number of para-hydroxylation sites is 1. The highest BCUT2D eigenvalue weighted by Gasteiger charge is 2.54. The summed E-state index contributed by atoms with van der Waals surface area (Å²) in [6.45, 7) is 0.492. The summed E-state index contributed by atoms with van der Waals surface area (Å²) in [5.41, 5.74) is 0.849. The quantitative estimate of drug-likeness (QED) is 0.855. The Labute approximate surface area is 144 Å². The Morgan fingerprint density at radius 2 is 2.04 bits per heavy atom. The molecule has 0 radical (unpaired) electrons. The molecule has 1 N–H and O–H groups in total. The van der Waals surface area contributed by atoms with E-state index >= 15 is 0 Å². The molecule has 0 aliphatic carbocycles. The van der Waals surface area contributed by atoms with Crippen LogP contribution in [-0.4, -0.2) is 23.4 Å². The molecule has 3 amide bonds. The third-order valence-electron chi connectivity index (χ3n) is 4.65. The number of nitrogens with one attached hydrogen (secondary N) is 1. The van der Waals surface area contributed by atoms with E-state index < -0.39 is 11.6 Å². The molecule has 2 aliphatic heterocycles. The molecule has 6 nitrogen and oxygen atoms in total. The summed E-state index contributed by atoms with van der Waals surface area (Å²) in [5, 5.41) is 11.9. The number of ether oxygens (including phenoxy) is 1. The molecule has 0 bridgehead atoms. The Morgan fingerprint density at radius 1 is 1.20 bits per heavy atom. The topological polar surface area (TPSA) is 82.4 Å². The molecule has 2 heterocycles. The normalized spacial score (nSPS) is 21.5. The monoisotopic (exact) mass is 333 g/mol. The van der Waals surface area contributed by atoms with Crippen molar-refractivity contribution in [3.63, 3.8) is 0 Å². The summed E-state index contributed by atoms with van der Waals surface area (Å²) in [5.74, 6) is 0.339. The van der Waals surface area contributed by atoms with Crippen LogP contribution in [0.4, 0.5) is 4.79 Å². The van der Waals surface area contributed by atoms with E-state index in [0.29, 0.717) is 29.9 Å². The van der Waals surface area contributed by atoms with Crippen LogP contribution in [0.5, 0.6) is 5.75 Å². The van der Waals surface area contributed by atoms with Gasteiger partial charge in [0, 0.05) is 12.0 Å². The molecule has 1 atom stereocenters. The molecule has 0 unspecified atom stereocenters. The molecule has 2 aliphatic rings. The fourth-order valence-corrected chi connectivity index (χ4v) is 3.44. The minimum atomic E-state index is -1.07. The highest BCUT2D eigenvalue weighted by molar-refractivity contribution is 6.07. The van der Waals surface area contributed by atoms with Crippen LogP contribution in [0.15, 0.2) is 48.5 Å². The number of hydrogen-bond acceptors (Lipinski definition) is 4. The summed E-state index contributed by atoms with van der Waals surface area (Å²) in [4.78, 5) is 26.9. The zero-order chi connectivity index (χ0) is 17.4. The van der Waals surface area contributed by atoms with Crippen molar-refractivity contribution in [3.8, 4) is 11.8 Å². The van der Waals surface area contributed by atoms with Gasteiger partial charge in [-0.05, 0) is 23.8 Å². The summed E-state index contributed by atoms with van der Waals surface area (Å²) < 4.78 is 5.62. The summed E-state index contributed by atoms with van der Waals surface area (Å²) >= 11 is 0. The number of nitrogens with zero attached hydrogens (tertiary/aromatic N) is 2. The molecule has 0 aromatic heterocycles. The van der Waals surface area contributed by atoms with E-state index in [9.17, 15) is 9.59 Å². The number of imide groups is 1. The second kappa shape index (κ2) is 5.64. The molecular formula is C19H15N3O3. The highest BCUT2D eigenvalue weighted by Crippen LogP contribution is 2.41. The molecule has 1 fully saturated rings. The molecule has 6 heteroatoms. The maximum absolute atomic E-state index is 13.1. The zero-order valence-electron chi connectivity index (χ0n) is 13.4. The highest BCUT2D eigenvalue weighted by atomic mass is 16.5. The average Bonchev–Trinajstić information content (AvgIpc) is 2.87. The Morgan fingerprint density at radius 3 is 2.88 bits per heavy atom. The first-order chi connectivity index (χ1) is 12.1. The van der Waals surface area contributed by atoms with Crippen LogP contribution in [0, 0.1) is 11.3 Å². The lowest BCUT2D eigenvalue weighted by Gasteiger charge is -2.33. The van der Waals surface area contributed by atoms with Gasteiger partial charge in [0.1, 0.15) is 5.75 Å².